The summed E-state index contributed by atoms with van der Waals surface area (Å²) in [4.78, 5) is 19.4. The van der Waals surface area contributed by atoms with Crippen LogP contribution in [0, 0.1) is 6.92 Å². The van der Waals surface area contributed by atoms with E-state index in [-0.39, 0.29) is 12.5 Å². The molecule has 0 radical (unpaired) electrons. The first-order valence-corrected chi connectivity index (χ1v) is 9.77. The molecule has 30 heavy (non-hydrogen) atoms. The van der Waals surface area contributed by atoms with Crippen LogP contribution in [-0.2, 0) is 11.3 Å². The highest BCUT2D eigenvalue weighted by molar-refractivity contribution is 5.95. The second-order valence-corrected chi connectivity index (χ2v) is 7.18. The summed E-state index contributed by atoms with van der Waals surface area (Å²) < 4.78 is 13.0. The lowest BCUT2D eigenvalue weighted by Gasteiger charge is -2.30. The minimum atomic E-state index is -0.0228. The molecule has 2 aromatic carbocycles. The summed E-state index contributed by atoms with van der Waals surface area (Å²) in [5, 5.41) is 4.08. The summed E-state index contributed by atoms with van der Waals surface area (Å²) in [6, 6.07) is 19.2. The molecule has 5 rings (SSSR count). The maximum Gasteiger partial charge on any atom is 0.274 e. The number of nitrogens with zero attached hydrogens (tertiary/aromatic N) is 4. The molecule has 0 aliphatic carbocycles. The van der Waals surface area contributed by atoms with Gasteiger partial charge in [-0.05, 0) is 36.8 Å². The van der Waals surface area contributed by atoms with Gasteiger partial charge in [0.05, 0.1) is 12.2 Å². The van der Waals surface area contributed by atoms with Gasteiger partial charge < -0.3 is 18.7 Å². The van der Waals surface area contributed by atoms with Crippen LogP contribution >= 0.6 is 0 Å². The Balaban J connectivity index is 1.40. The van der Waals surface area contributed by atoms with Crippen LogP contribution in [0.15, 0.2) is 71.4 Å². The molecule has 7 heteroatoms. The van der Waals surface area contributed by atoms with Gasteiger partial charge in [0.2, 0.25) is 11.7 Å². The second kappa shape index (κ2) is 7.51. The third-order valence-corrected chi connectivity index (χ3v) is 5.09. The number of aryl methyl sites for hydroxylation is 1. The van der Waals surface area contributed by atoms with Crippen LogP contribution in [0.1, 0.15) is 5.56 Å². The highest BCUT2D eigenvalue weighted by Gasteiger charge is 2.25. The fourth-order valence-corrected chi connectivity index (χ4v) is 3.60. The van der Waals surface area contributed by atoms with Gasteiger partial charge >= 0.3 is 0 Å². The smallest absolute Gasteiger partial charge is 0.274 e. The van der Waals surface area contributed by atoms with E-state index in [1.54, 1.807) is 4.90 Å². The predicted molar refractivity (Wildman–Crippen MR) is 112 cm³/mol. The molecule has 4 aromatic rings. The average Bonchev–Trinajstić information content (AvgIpc) is 3.43. The second-order valence-electron chi connectivity index (χ2n) is 7.18. The number of carbonyl (C=O) groups is 1. The van der Waals surface area contributed by atoms with E-state index >= 15 is 0 Å². The zero-order valence-corrected chi connectivity index (χ0v) is 16.5. The largest absolute Gasteiger partial charge is 0.490 e. The summed E-state index contributed by atoms with van der Waals surface area (Å²) in [6.07, 6.45) is 1.84. The Bertz CT molecular complexity index is 1200. The molecule has 0 saturated heterocycles. The Kier molecular flexibility index (Phi) is 4.55. The van der Waals surface area contributed by atoms with Gasteiger partial charge in [0.1, 0.15) is 24.6 Å². The summed E-state index contributed by atoms with van der Waals surface area (Å²) in [5.41, 5.74) is 3.47. The number of amides is 1. The molecule has 0 fully saturated rings. The number of rotatable bonds is 4. The Morgan fingerprint density at radius 3 is 2.83 bits per heavy atom. The van der Waals surface area contributed by atoms with Crippen molar-refractivity contribution in [3.05, 3.63) is 72.4 Å². The van der Waals surface area contributed by atoms with E-state index in [9.17, 15) is 4.79 Å². The Morgan fingerprint density at radius 1 is 1.10 bits per heavy atom. The lowest BCUT2D eigenvalue weighted by molar-refractivity contribution is -0.119. The molecule has 0 atom stereocenters. The van der Waals surface area contributed by atoms with Crippen molar-refractivity contribution in [3.63, 3.8) is 0 Å². The molecular weight excluding hydrogens is 380 g/mol. The minimum absolute atomic E-state index is 0.0228. The Morgan fingerprint density at radius 2 is 1.97 bits per heavy atom. The van der Waals surface area contributed by atoms with E-state index in [1.807, 2.05) is 78.4 Å². The Hall–Kier alpha value is -3.87. The highest BCUT2D eigenvalue weighted by atomic mass is 16.5. The van der Waals surface area contributed by atoms with Crippen molar-refractivity contribution < 1.29 is 14.1 Å². The van der Waals surface area contributed by atoms with E-state index < -0.39 is 0 Å². The van der Waals surface area contributed by atoms with E-state index in [4.69, 9.17) is 9.26 Å². The van der Waals surface area contributed by atoms with Gasteiger partial charge in [0.25, 0.3) is 5.89 Å². The number of ether oxygens (including phenoxy) is 1. The summed E-state index contributed by atoms with van der Waals surface area (Å²) in [6.45, 7) is 3.16. The van der Waals surface area contributed by atoms with Crippen molar-refractivity contribution in [2.75, 3.05) is 18.1 Å². The molecule has 0 unspecified atom stereocenters. The van der Waals surface area contributed by atoms with Crippen molar-refractivity contribution in [2.24, 2.45) is 0 Å². The molecule has 0 bridgehead atoms. The topological polar surface area (TPSA) is 73.4 Å². The van der Waals surface area contributed by atoms with E-state index in [2.05, 4.69) is 10.1 Å². The number of aromatic nitrogens is 3. The van der Waals surface area contributed by atoms with Crippen LogP contribution in [0.25, 0.3) is 23.0 Å². The van der Waals surface area contributed by atoms with Crippen LogP contribution in [0.5, 0.6) is 5.75 Å². The van der Waals surface area contributed by atoms with Crippen LogP contribution in [0.3, 0.4) is 0 Å². The summed E-state index contributed by atoms with van der Waals surface area (Å²) in [7, 11) is 0. The van der Waals surface area contributed by atoms with Crippen molar-refractivity contribution in [2.45, 2.75) is 13.5 Å². The number of benzene rings is 2. The van der Waals surface area contributed by atoms with Crippen LogP contribution in [-0.4, -0.2) is 33.8 Å². The van der Waals surface area contributed by atoms with Gasteiger partial charge in [-0.1, -0.05) is 41.6 Å². The van der Waals surface area contributed by atoms with E-state index in [0.29, 0.717) is 30.6 Å². The number of fused-ring (bicyclic) bond motifs is 1. The summed E-state index contributed by atoms with van der Waals surface area (Å²) >= 11 is 0. The van der Waals surface area contributed by atoms with Gasteiger partial charge in [-0.15, -0.1) is 0 Å². The minimum Gasteiger partial charge on any atom is -0.490 e. The molecular formula is C23H20N4O3. The normalized spacial score (nSPS) is 13.0. The molecule has 0 saturated carbocycles. The van der Waals surface area contributed by atoms with Gasteiger partial charge in [-0.25, -0.2) is 0 Å². The van der Waals surface area contributed by atoms with E-state index in [1.165, 1.54) is 0 Å². The average molecular weight is 400 g/mol. The SMILES string of the molecule is Cc1ccc2c(c1)N(C(=O)Cn1cccc1-c1nc(-c3ccccc3)no1)CCO2. The fourth-order valence-electron chi connectivity index (χ4n) is 3.60. The van der Waals surface area contributed by atoms with Crippen molar-refractivity contribution in [1.82, 2.24) is 14.7 Å². The zero-order chi connectivity index (χ0) is 20.5. The lowest BCUT2D eigenvalue weighted by Crippen LogP contribution is -2.39. The first-order valence-electron chi connectivity index (χ1n) is 9.77. The molecule has 1 aliphatic heterocycles. The molecule has 7 nitrogen and oxygen atoms in total. The molecule has 0 N–H and O–H groups in total. The van der Waals surface area contributed by atoms with Crippen molar-refractivity contribution in [3.8, 4) is 28.7 Å². The first-order chi connectivity index (χ1) is 14.7. The van der Waals surface area contributed by atoms with Gasteiger partial charge in [-0.2, -0.15) is 4.98 Å². The van der Waals surface area contributed by atoms with Gasteiger partial charge in [0, 0.05) is 11.8 Å². The Labute approximate surface area is 173 Å². The van der Waals surface area contributed by atoms with Crippen LogP contribution in [0.4, 0.5) is 5.69 Å². The van der Waals surface area contributed by atoms with Crippen molar-refractivity contribution >= 4 is 11.6 Å². The molecule has 1 aliphatic rings. The van der Waals surface area contributed by atoms with Gasteiger partial charge in [0.15, 0.2) is 0 Å². The first kappa shape index (κ1) is 18.2. The maximum atomic E-state index is 13.1. The highest BCUT2D eigenvalue weighted by Crippen LogP contribution is 2.33. The lowest BCUT2D eigenvalue weighted by atomic mass is 10.1. The molecule has 2 aromatic heterocycles. The van der Waals surface area contributed by atoms with E-state index in [0.717, 1.165) is 22.6 Å². The number of hydrogen-bond donors (Lipinski definition) is 0. The summed E-state index contributed by atoms with van der Waals surface area (Å²) in [5.74, 6) is 1.61. The third-order valence-electron chi connectivity index (χ3n) is 5.09. The maximum absolute atomic E-state index is 13.1. The molecule has 3 heterocycles. The standard InChI is InChI=1S/C23H20N4O3/c1-16-9-10-20-19(14-16)27(12-13-29-20)21(28)15-26-11-5-8-18(26)23-24-22(25-30-23)17-6-3-2-4-7-17/h2-11,14H,12-13,15H2,1H3. The van der Waals surface area contributed by atoms with Crippen LogP contribution in [0.2, 0.25) is 0 Å². The number of hydrogen-bond acceptors (Lipinski definition) is 5. The van der Waals surface area contributed by atoms with Gasteiger partial charge in [-0.3, -0.25) is 4.79 Å². The predicted octanol–water partition coefficient (Wildman–Crippen LogP) is 3.94. The molecule has 150 valence electrons. The fraction of sp³-hybridized carbons (Fsp3) is 0.174. The number of carbonyl (C=O) groups excluding carboxylic acids is 1. The number of anilines is 1. The van der Waals surface area contributed by atoms with Crippen LogP contribution < -0.4 is 9.64 Å². The third kappa shape index (κ3) is 3.34. The quantitative estimate of drug-likeness (QED) is 0.519. The zero-order valence-electron chi connectivity index (χ0n) is 16.5. The monoisotopic (exact) mass is 400 g/mol. The molecule has 1 amide bonds. The van der Waals surface area contributed by atoms with Crippen molar-refractivity contribution in [1.29, 1.82) is 0 Å². The molecule has 0 spiro atoms.